The van der Waals surface area contributed by atoms with E-state index in [2.05, 4.69) is 34.5 Å². The van der Waals surface area contributed by atoms with Crippen LogP contribution in [0.25, 0.3) is 11.1 Å². The Hall–Kier alpha value is -4.08. The van der Waals surface area contributed by atoms with Crippen molar-refractivity contribution in [3.8, 4) is 11.1 Å². The number of nitrogens with zero attached hydrogens (tertiary/aromatic N) is 3. The van der Waals surface area contributed by atoms with Crippen molar-refractivity contribution < 1.29 is 19.1 Å². The second kappa shape index (κ2) is 14.7. The topological polar surface area (TPSA) is 100 Å². The number of benzene rings is 3. The van der Waals surface area contributed by atoms with E-state index in [1.54, 1.807) is 0 Å². The first-order chi connectivity index (χ1) is 20.6. The van der Waals surface area contributed by atoms with Crippen LogP contribution in [0.15, 0.2) is 72.8 Å². The standard InChI is InChI=1S/C33H41N5O4/c34-14-7-17-38(33(40)37-18-20-41-21-19-37)24-27-10-6-11-28(22-27)29-12-13-31(36-15-4-5-16-36)30(23-29)35-32(39)42-25-26-8-2-1-3-9-26/h1-3,6,8-13,22-23H,4-5,7,14-21,24-25,34H2,(H,35,39). The summed E-state index contributed by atoms with van der Waals surface area (Å²) in [6.07, 6.45) is 2.52. The zero-order chi connectivity index (χ0) is 29.1. The van der Waals surface area contributed by atoms with Crippen molar-refractivity contribution >= 4 is 23.5 Å². The average Bonchev–Trinajstić information content (AvgIpc) is 3.58. The van der Waals surface area contributed by atoms with Gasteiger partial charge in [-0.3, -0.25) is 5.32 Å². The van der Waals surface area contributed by atoms with Crippen LogP contribution in [0.1, 0.15) is 30.4 Å². The minimum Gasteiger partial charge on any atom is -0.444 e. The van der Waals surface area contributed by atoms with Gasteiger partial charge in [0.1, 0.15) is 6.61 Å². The Balaban J connectivity index is 1.34. The lowest BCUT2D eigenvalue weighted by Gasteiger charge is -2.33. The molecule has 3 amide bonds. The number of nitrogens with one attached hydrogen (secondary N) is 1. The molecule has 3 aromatic rings. The van der Waals surface area contributed by atoms with Crippen molar-refractivity contribution in [1.29, 1.82) is 0 Å². The van der Waals surface area contributed by atoms with Crippen molar-refractivity contribution in [1.82, 2.24) is 9.80 Å². The molecule has 2 heterocycles. The van der Waals surface area contributed by atoms with Gasteiger partial charge in [0.15, 0.2) is 0 Å². The quantitative estimate of drug-likeness (QED) is 0.342. The van der Waals surface area contributed by atoms with E-state index >= 15 is 0 Å². The van der Waals surface area contributed by atoms with E-state index in [0.29, 0.717) is 45.9 Å². The number of rotatable bonds is 10. The molecule has 9 nitrogen and oxygen atoms in total. The maximum absolute atomic E-state index is 13.3. The third-order valence-corrected chi connectivity index (χ3v) is 7.71. The van der Waals surface area contributed by atoms with Gasteiger partial charge < -0.3 is 29.9 Å². The molecule has 42 heavy (non-hydrogen) atoms. The summed E-state index contributed by atoms with van der Waals surface area (Å²) in [5, 5.41) is 3.01. The van der Waals surface area contributed by atoms with Gasteiger partial charge >= 0.3 is 12.1 Å². The highest BCUT2D eigenvalue weighted by Crippen LogP contribution is 2.34. The van der Waals surface area contributed by atoms with Gasteiger partial charge in [0.2, 0.25) is 0 Å². The highest BCUT2D eigenvalue weighted by Gasteiger charge is 2.23. The maximum Gasteiger partial charge on any atom is 0.412 e. The Morgan fingerprint density at radius 1 is 0.881 bits per heavy atom. The molecule has 5 rings (SSSR count). The SMILES string of the molecule is NCCCN(Cc1cccc(-c2ccc(N3CCCC3)c(NC(=O)OCc3ccccc3)c2)c1)C(=O)N1CCOCC1. The number of hydrogen-bond acceptors (Lipinski definition) is 6. The summed E-state index contributed by atoms with van der Waals surface area (Å²) in [6.45, 7) is 6.07. The first-order valence-corrected chi connectivity index (χ1v) is 14.9. The van der Waals surface area contributed by atoms with Gasteiger partial charge in [0, 0.05) is 39.3 Å². The van der Waals surface area contributed by atoms with E-state index in [1.165, 1.54) is 0 Å². The van der Waals surface area contributed by atoms with Crippen molar-refractivity contribution in [2.24, 2.45) is 5.73 Å². The van der Waals surface area contributed by atoms with E-state index in [9.17, 15) is 9.59 Å². The number of amides is 3. The monoisotopic (exact) mass is 571 g/mol. The van der Waals surface area contributed by atoms with Crippen LogP contribution in [-0.2, 0) is 22.6 Å². The number of anilines is 2. The molecule has 3 N–H and O–H groups in total. The largest absolute Gasteiger partial charge is 0.444 e. The molecular weight excluding hydrogens is 530 g/mol. The number of urea groups is 1. The van der Waals surface area contributed by atoms with Crippen molar-refractivity contribution in [2.45, 2.75) is 32.4 Å². The van der Waals surface area contributed by atoms with Crippen LogP contribution in [-0.4, -0.2) is 74.4 Å². The third kappa shape index (κ3) is 7.80. The summed E-state index contributed by atoms with van der Waals surface area (Å²) >= 11 is 0. The second-order valence-electron chi connectivity index (χ2n) is 10.8. The highest BCUT2D eigenvalue weighted by atomic mass is 16.5. The first kappa shape index (κ1) is 29.4. The lowest BCUT2D eigenvalue weighted by atomic mass is 10.0. The number of carbonyl (C=O) groups excluding carboxylic acids is 2. The Labute approximate surface area is 248 Å². The van der Waals surface area contributed by atoms with Crippen LogP contribution < -0.4 is 16.0 Å². The van der Waals surface area contributed by atoms with Crippen LogP contribution in [0.5, 0.6) is 0 Å². The maximum atomic E-state index is 13.3. The number of ether oxygens (including phenoxy) is 2. The Kier molecular flexibility index (Phi) is 10.3. The van der Waals surface area contributed by atoms with Gasteiger partial charge in [0.25, 0.3) is 0 Å². The summed E-state index contributed by atoms with van der Waals surface area (Å²) in [5.74, 6) is 0. The molecule has 0 bridgehead atoms. The molecule has 2 aliphatic heterocycles. The summed E-state index contributed by atoms with van der Waals surface area (Å²) in [5.41, 5.74) is 11.5. The molecular formula is C33H41N5O4. The minimum absolute atomic E-state index is 0.0209. The molecule has 9 heteroatoms. The number of nitrogens with two attached hydrogens (primary N) is 1. The van der Waals surface area contributed by atoms with Gasteiger partial charge in [-0.05, 0) is 66.3 Å². The predicted octanol–water partition coefficient (Wildman–Crippen LogP) is 5.31. The van der Waals surface area contributed by atoms with E-state index in [4.69, 9.17) is 15.2 Å². The van der Waals surface area contributed by atoms with Gasteiger partial charge in [-0.25, -0.2) is 9.59 Å². The summed E-state index contributed by atoms with van der Waals surface area (Å²) in [7, 11) is 0. The highest BCUT2D eigenvalue weighted by molar-refractivity contribution is 5.91. The lowest BCUT2D eigenvalue weighted by molar-refractivity contribution is 0.0425. The van der Waals surface area contributed by atoms with Crippen molar-refractivity contribution in [3.05, 3.63) is 83.9 Å². The summed E-state index contributed by atoms with van der Waals surface area (Å²) in [6, 6.07) is 24.1. The van der Waals surface area contributed by atoms with Gasteiger partial charge in [0.05, 0.1) is 24.6 Å². The Bertz CT molecular complexity index is 1320. The molecule has 222 valence electrons. The fourth-order valence-electron chi connectivity index (χ4n) is 5.47. The van der Waals surface area contributed by atoms with Crippen LogP contribution in [0.3, 0.4) is 0 Å². The second-order valence-corrected chi connectivity index (χ2v) is 10.8. The zero-order valence-electron chi connectivity index (χ0n) is 24.2. The van der Waals surface area contributed by atoms with E-state index < -0.39 is 6.09 Å². The number of carbonyl (C=O) groups is 2. The van der Waals surface area contributed by atoms with E-state index in [-0.39, 0.29) is 12.6 Å². The summed E-state index contributed by atoms with van der Waals surface area (Å²) in [4.78, 5) is 32.2. The third-order valence-electron chi connectivity index (χ3n) is 7.71. The Morgan fingerprint density at radius 2 is 1.62 bits per heavy atom. The number of morpholine rings is 1. The molecule has 0 atom stereocenters. The molecule has 2 saturated heterocycles. The fraction of sp³-hybridized carbons (Fsp3) is 0.394. The zero-order valence-corrected chi connectivity index (χ0v) is 24.2. The molecule has 0 aromatic heterocycles. The van der Waals surface area contributed by atoms with Crippen LogP contribution in [0.4, 0.5) is 21.0 Å². The van der Waals surface area contributed by atoms with Crippen LogP contribution >= 0.6 is 0 Å². The van der Waals surface area contributed by atoms with Crippen LogP contribution in [0, 0.1) is 0 Å². The predicted molar refractivity (Wildman–Crippen MR) is 165 cm³/mol. The Morgan fingerprint density at radius 3 is 2.38 bits per heavy atom. The molecule has 2 fully saturated rings. The molecule has 0 saturated carbocycles. The lowest BCUT2D eigenvalue weighted by Crippen LogP contribution is -2.48. The molecule has 0 radical (unpaired) electrons. The van der Waals surface area contributed by atoms with Crippen molar-refractivity contribution in [3.63, 3.8) is 0 Å². The van der Waals surface area contributed by atoms with E-state index in [1.807, 2.05) is 58.3 Å². The smallest absolute Gasteiger partial charge is 0.412 e. The summed E-state index contributed by atoms with van der Waals surface area (Å²) < 4.78 is 11.0. The molecule has 3 aromatic carbocycles. The molecule has 0 spiro atoms. The fourth-order valence-corrected chi connectivity index (χ4v) is 5.47. The van der Waals surface area contributed by atoms with Gasteiger partial charge in [-0.1, -0.05) is 54.6 Å². The van der Waals surface area contributed by atoms with Gasteiger partial charge in [-0.2, -0.15) is 0 Å². The number of hydrogen-bond donors (Lipinski definition) is 2. The minimum atomic E-state index is -0.484. The normalized spacial score (nSPS) is 15.0. The van der Waals surface area contributed by atoms with Crippen molar-refractivity contribution in [2.75, 3.05) is 62.7 Å². The molecule has 2 aliphatic rings. The molecule has 0 aliphatic carbocycles. The van der Waals surface area contributed by atoms with E-state index in [0.717, 1.165) is 66.0 Å². The average molecular weight is 572 g/mol. The first-order valence-electron chi connectivity index (χ1n) is 14.9. The van der Waals surface area contributed by atoms with Gasteiger partial charge in [-0.15, -0.1) is 0 Å². The molecule has 0 unspecified atom stereocenters. The van der Waals surface area contributed by atoms with Crippen LogP contribution in [0.2, 0.25) is 0 Å².